The van der Waals surface area contributed by atoms with Gasteiger partial charge in [0.15, 0.2) is 0 Å². The van der Waals surface area contributed by atoms with E-state index in [-0.39, 0.29) is 18.1 Å². The summed E-state index contributed by atoms with van der Waals surface area (Å²) < 4.78 is 5.72. The second-order valence-electron chi connectivity index (χ2n) is 5.26. The van der Waals surface area contributed by atoms with E-state index in [4.69, 9.17) is 10.6 Å². The van der Waals surface area contributed by atoms with E-state index in [2.05, 4.69) is 10.7 Å². The summed E-state index contributed by atoms with van der Waals surface area (Å²) in [6.07, 6.45) is 3.59. The highest BCUT2D eigenvalue weighted by Crippen LogP contribution is 2.38. The zero-order chi connectivity index (χ0) is 13.2. The van der Waals surface area contributed by atoms with Crippen molar-refractivity contribution >= 4 is 11.6 Å². The van der Waals surface area contributed by atoms with Crippen LogP contribution < -0.4 is 16.6 Å². The highest BCUT2D eigenvalue weighted by atomic mass is 16.5. The van der Waals surface area contributed by atoms with Crippen molar-refractivity contribution in [2.75, 3.05) is 12.0 Å². The maximum atomic E-state index is 12.2. The molecule has 5 nitrogen and oxygen atoms in total. The minimum atomic E-state index is -0.0373. The molecule has 0 bridgehead atoms. The van der Waals surface area contributed by atoms with Gasteiger partial charge in [-0.25, -0.2) is 0 Å². The molecule has 2 aliphatic rings. The fraction of sp³-hybridized carbons (Fsp3) is 0.500. The van der Waals surface area contributed by atoms with Gasteiger partial charge in [0, 0.05) is 17.9 Å². The summed E-state index contributed by atoms with van der Waals surface area (Å²) in [5, 5.41) is 3.09. The van der Waals surface area contributed by atoms with Crippen molar-refractivity contribution in [3.63, 3.8) is 0 Å². The molecule has 1 aromatic carbocycles. The molecule has 2 atom stereocenters. The molecule has 0 aromatic heterocycles. The summed E-state index contributed by atoms with van der Waals surface area (Å²) >= 11 is 0. The van der Waals surface area contributed by atoms with Crippen molar-refractivity contribution in [1.82, 2.24) is 5.32 Å². The van der Waals surface area contributed by atoms with Gasteiger partial charge >= 0.3 is 0 Å². The first-order chi connectivity index (χ1) is 9.28. The van der Waals surface area contributed by atoms with Gasteiger partial charge < -0.3 is 15.5 Å². The molecule has 0 spiro atoms. The first kappa shape index (κ1) is 12.4. The smallest absolute Gasteiger partial charge is 0.251 e. The molecule has 1 amide bonds. The lowest BCUT2D eigenvalue weighted by molar-refractivity contribution is 0.0729. The maximum absolute atomic E-state index is 12.2. The van der Waals surface area contributed by atoms with E-state index in [1.165, 1.54) is 12.8 Å². The highest BCUT2D eigenvalue weighted by Gasteiger charge is 2.41. The number of hydrogen-bond acceptors (Lipinski definition) is 4. The number of hydrogen-bond donors (Lipinski definition) is 3. The minimum Gasteiger partial charge on any atom is -0.376 e. The number of nitrogens with one attached hydrogen (secondary N) is 2. The molecule has 1 heterocycles. The molecule has 19 heavy (non-hydrogen) atoms. The summed E-state index contributed by atoms with van der Waals surface area (Å²) in [5.41, 5.74) is 3.99. The average Bonchev–Trinajstić information content (AvgIpc) is 3.19. The SMILES string of the molecule is NNc1ccc(C(=O)NC2CCOC2C2CC2)cc1. The van der Waals surface area contributed by atoms with E-state index in [0.29, 0.717) is 11.5 Å². The van der Waals surface area contributed by atoms with Crippen LogP contribution in [-0.4, -0.2) is 24.7 Å². The highest BCUT2D eigenvalue weighted by molar-refractivity contribution is 5.94. The van der Waals surface area contributed by atoms with Crippen LogP contribution in [0.4, 0.5) is 5.69 Å². The molecular formula is C14H19N3O2. The summed E-state index contributed by atoms with van der Waals surface area (Å²) in [6.45, 7) is 0.752. The van der Waals surface area contributed by atoms with Crippen molar-refractivity contribution in [1.29, 1.82) is 0 Å². The third-order valence-corrected chi connectivity index (χ3v) is 3.85. The van der Waals surface area contributed by atoms with Crippen LogP contribution in [0.15, 0.2) is 24.3 Å². The lowest BCUT2D eigenvalue weighted by Gasteiger charge is -2.19. The molecule has 1 aromatic rings. The maximum Gasteiger partial charge on any atom is 0.251 e. The van der Waals surface area contributed by atoms with E-state index in [1.54, 1.807) is 24.3 Å². The lowest BCUT2D eigenvalue weighted by Crippen LogP contribution is -2.41. The van der Waals surface area contributed by atoms with E-state index in [1.807, 2.05) is 0 Å². The number of amides is 1. The zero-order valence-corrected chi connectivity index (χ0v) is 10.8. The van der Waals surface area contributed by atoms with Crippen molar-refractivity contribution in [2.24, 2.45) is 11.8 Å². The van der Waals surface area contributed by atoms with Crippen LogP contribution in [0.3, 0.4) is 0 Å². The van der Waals surface area contributed by atoms with Gasteiger partial charge in [0.25, 0.3) is 5.91 Å². The molecule has 3 rings (SSSR count). The zero-order valence-electron chi connectivity index (χ0n) is 10.8. The van der Waals surface area contributed by atoms with Crippen LogP contribution in [0.5, 0.6) is 0 Å². The van der Waals surface area contributed by atoms with Crippen LogP contribution in [0.25, 0.3) is 0 Å². The van der Waals surface area contributed by atoms with Gasteiger partial charge in [-0.05, 0) is 49.4 Å². The van der Waals surface area contributed by atoms with Crippen LogP contribution in [0, 0.1) is 5.92 Å². The standard InChI is InChI=1S/C14H19N3O2/c15-17-11-5-3-10(4-6-11)14(18)16-12-7-8-19-13(12)9-1-2-9/h3-6,9,12-13,17H,1-2,7-8,15H2,(H,16,18). The molecule has 5 heteroatoms. The molecular weight excluding hydrogens is 242 g/mol. The van der Waals surface area contributed by atoms with Crippen molar-refractivity contribution in [3.05, 3.63) is 29.8 Å². The fourth-order valence-corrected chi connectivity index (χ4v) is 2.62. The number of carbonyl (C=O) groups is 1. The monoisotopic (exact) mass is 261 g/mol. The quantitative estimate of drug-likeness (QED) is 0.563. The number of ether oxygens (including phenoxy) is 1. The van der Waals surface area contributed by atoms with Crippen LogP contribution in [-0.2, 0) is 4.74 Å². The normalized spacial score (nSPS) is 26.2. The number of hydrazine groups is 1. The number of rotatable bonds is 4. The van der Waals surface area contributed by atoms with E-state index >= 15 is 0 Å². The van der Waals surface area contributed by atoms with E-state index < -0.39 is 0 Å². The van der Waals surface area contributed by atoms with Gasteiger partial charge in [0.2, 0.25) is 0 Å². The molecule has 1 saturated heterocycles. The molecule has 4 N–H and O–H groups in total. The van der Waals surface area contributed by atoms with Gasteiger partial charge in [0.1, 0.15) is 0 Å². The third-order valence-electron chi connectivity index (χ3n) is 3.85. The number of nitrogen functional groups attached to an aromatic ring is 1. The van der Waals surface area contributed by atoms with Gasteiger partial charge in [-0.3, -0.25) is 10.6 Å². The van der Waals surface area contributed by atoms with Gasteiger partial charge in [-0.2, -0.15) is 0 Å². The fourth-order valence-electron chi connectivity index (χ4n) is 2.62. The Morgan fingerprint density at radius 3 is 2.58 bits per heavy atom. The van der Waals surface area contributed by atoms with Crippen molar-refractivity contribution in [3.8, 4) is 0 Å². The first-order valence-corrected chi connectivity index (χ1v) is 6.77. The summed E-state index contributed by atoms with van der Waals surface area (Å²) in [6, 6.07) is 7.28. The van der Waals surface area contributed by atoms with Crippen LogP contribution in [0.1, 0.15) is 29.6 Å². The van der Waals surface area contributed by atoms with E-state index in [9.17, 15) is 4.79 Å². The van der Waals surface area contributed by atoms with Crippen molar-refractivity contribution in [2.45, 2.75) is 31.4 Å². The predicted octanol–water partition coefficient (Wildman–Crippen LogP) is 1.27. The molecule has 1 aliphatic carbocycles. The van der Waals surface area contributed by atoms with Gasteiger partial charge in [-0.15, -0.1) is 0 Å². The largest absolute Gasteiger partial charge is 0.376 e. The molecule has 102 valence electrons. The predicted molar refractivity (Wildman–Crippen MR) is 72.6 cm³/mol. The lowest BCUT2D eigenvalue weighted by atomic mass is 10.1. The number of anilines is 1. The average molecular weight is 261 g/mol. The molecule has 1 aliphatic heterocycles. The second kappa shape index (κ2) is 5.19. The number of benzene rings is 1. The topological polar surface area (TPSA) is 76.4 Å². The van der Waals surface area contributed by atoms with Gasteiger partial charge in [0.05, 0.1) is 12.1 Å². The second-order valence-corrected chi connectivity index (χ2v) is 5.26. The first-order valence-electron chi connectivity index (χ1n) is 6.77. The minimum absolute atomic E-state index is 0.0373. The summed E-state index contributed by atoms with van der Waals surface area (Å²) in [7, 11) is 0. The Morgan fingerprint density at radius 1 is 1.21 bits per heavy atom. The Morgan fingerprint density at radius 2 is 1.95 bits per heavy atom. The Balaban J connectivity index is 1.63. The van der Waals surface area contributed by atoms with E-state index in [0.717, 1.165) is 18.7 Å². The van der Waals surface area contributed by atoms with Crippen molar-refractivity contribution < 1.29 is 9.53 Å². The summed E-state index contributed by atoms with van der Waals surface area (Å²) in [5.74, 6) is 5.91. The van der Waals surface area contributed by atoms with Gasteiger partial charge in [-0.1, -0.05) is 0 Å². The Hall–Kier alpha value is -1.59. The molecule has 1 saturated carbocycles. The Bertz CT molecular complexity index is 456. The third kappa shape index (κ3) is 2.72. The number of carbonyl (C=O) groups excluding carboxylic acids is 1. The molecule has 2 unspecified atom stereocenters. The molecule has 2 fully saturated rings. The van der Waals surface area contributed by atoms with Crippen LogP contribution >= 0.6 is 0 Å². The Kier molecular flexibility index (Phi) is 3.40. The molecule has 0 radical (unpaired) electrons. The van der Waals surface area contributed by atoms with Crippen LogP contribution in [0.2, 0.25) is 0 Å². The Labute approximate surface area is 112 Å². The summed E-state index contributed by atoms with van der Waals surface area (Å²) in [4.78, 5) is 12.2. The number of nitrogens with two attached hydrogens (primary N) is 1.